The van der Waals surface area contributed by atoms with Gasteiger partial charge < -0.3 is 15.2 Å². The molecule has 2 aromatic heterocycles. The van der Waals surface area contributed by atoms with Crippen molar-refractivity contribution < 1.29 is 9.18 Å². The first-order valence-corrected chi connectivity index (χ1v) is 9.72. The molecule has 0 spiro atoms. The minimum absolute atomic E-state index is 0.300. The zero-order chi connectivity index (χ0) is 19.8. The van der Waals surface area contributed by atoms with Crippen LogP contribution in [0.1, 0.15) is 47.8 Å². The lowest BCUT2D eigenvalue weighted by atomic mass is 9.91. The number of hydrogen-bond acceptors (Lipinski definition) is 3. The number of aromatic amines is 1. The third-order valence-electron chi connectivity index (χ3n) is 5.82. The van der Waals surface area contributed by atoms with Crippen LogP contribution in [0.5, 0.6) is 0 Å². The minimum Gasteiger partial charge on any atom is -0.350 e. The fourth-order valence-corrected chi connectivity index (χ4v) is 4.09. The lowest BCUT2D eigenvalue weighted by Gasteiger charge is -2.32. The van der Waals surface area contributed by atoms with Crippen molar-refractivity contribution in [1.29, 1.82) is 0 Å². The van der Waals surface area contributed by atoms with Gasteiger partial charge in [-0.3, -0.25) is 9.48 Å². The molecule has 28 heavy (non-hydrogen) atoms. The van der Waals surface area contributed by atoms with Crippen molar-refractivity contribution in [1.82, 2.24) is 19.7 Å². The van der Waals surface area contributed by atoms with Crippen molar-refractivity contribution >= 4 is 22.5 Å². The number of rotatable bonds is 4. The third-order valence-corrected chi connectivity index (χ3v) is 5.82. The molecule has 3 aromatic rings. The van der Waals surface area contributed by atoms with E-state index in [0.29, 0.717) is 34.4 Å². The second-order valence-electron chi connectivity index (χ2n) is 7.93. The molecule has 1 aliphatic rings. The molecule has 1 aromatic carbocycles. The van der Waals surface area contributed by atoms with Crippen molar-refractivity contribution in [3.8, 4) is 0 Å². The van der Waals surface area contributed by atoms with E-state index in [4.69, 9.17) is 0 Å². The summed E-state index contributed by atoms with van der Waals surface area (Å²) in [7, 11) is 4.26. The molecule has 0 atom stereocenters. The first-order valence-electron chi connectivity index (χ1n) is 9.72. The lowest BCUT2D eigenvalue weighted by molar-refractivity contribution is 0.102. The summed E-state index contributed by atoms with van der Waals surface area (Å²) in [5.41, 5.74) is 2.54. The number of aromatic nitrogens is 3. The van der Waals surface area contributed by atoms with Crippen LogP contribution in [0.25, 0.3) is 10.9 Å². The van der Waals surface area contributed by atoms with Crippen LogP contribution in [0.4, 0.5) is 10.1 Å². The van der Waals surface area contributed by atoms with E-state index in [1.807, 2.05) is 17.8 Å². The van der Waals surface area contributed by atoms with Crippen LogP contribution in [-0.4, -0.2) is 45.7 Å². The highest BCUT2D eigenvalue weighted by molar-refractivity contribution is 6.06. The highest BCUT2D eigenvalue weighted by Gasteiger charge is 2.24. The normalized spacial score (nSPS) is 20.0. The molecule has 1 aliphatic carbocycles. The van der Waals surface area contributed by atoms with Gasteiger partial charge in [-0.2, -0.15) is 5.10 Å². The Hall–Kier alpha value is -2.67. The number of H-pyrrole nitrogens is 1. The molecule has 0 unspecified atom stereocenters. The quantitative estimate of drug-likeness (QED) is 0.713. The standard InChI is InChI=1S/C21H26FN5O/c1-13-4-9-18(22)17-10-19(25-20(13)17)21(28)24-14-11-23-27(12-14)16-7-5-15(6-8-16)26(2)3/h4,9-12,15-16,25H,5-8H2,1-3H3,(H,24,28). The van der Waals surface area contributed by atoms with E-state index in [2.05, 4.69) is 34.4 Å². The maximum Gasteiger partial charge on any atom is 0.272 e. The first-order chi connectivity index (χ1) is 13.4. The zero-order valence-electron chi connectivity index (χ0n) is 16.5. The smallest absolute Gasteiger partial charge is 0.272 e. The summed E-state index contributed by atoms with van der Waals surface area (Å²) in [5, 5.41) is 7.74. The first kappa shape index (κ1) is 18.7. The van der Waals surface area contributed by atoms with Crippen LogP contribution in [0, 0.1) is 12.7 Å². The van der Waals surface area contributed by atoms with E-state index >= 15 is 0 Å². The molecule has 2 N–H and O–H groups in total. The number of hydrogen-bond donors (Lipinski definition) is 2. The van der Waals surface area contributed by atoms with Gasteiger partial charge in [0.2, 0.25) is 0 Å². The average molecular weight is 383 g/mol. The van der Waals surface area contributed by atoms with Crippen LogP contribution in [0.15, 0.2) is 30.6 Å². The molecule has 148 valence electrons. The van der Waals surface area contributed by atoms with Gasteiger partial charge in [0.05, 0.1) is 23.4 Å². The van der Waals surface area contributed by atoms with Crippen LogP contribution >= 0.6 is 0 Å². The Bertz CT molecular complexity index is 959. The molecule has 0 aliphatic heterocycles. The van der Waals surface area contributed by atoms with Gasteiger partial charge >= 0.3 is 0 Å². The Morgan fingerprint density at radius 3 is 2.71 bits per heavy atom. The van der Waals surface area contributed by atoms with Crippen LogP contribution in [0.3, 0.4) is 0 Å². The number of nitrogens with zero attached hydrogens (tertiary/aromatic N) is 3. The van der Waals surface area contributed by atoms with Gasteiger partial charge in [0.1, 0.15) is 11.5 Å². The van der Waals surface area contributed by atoms with E-state index in [1.54, 1.807) is 18.3 Å². The van der Waals surface area contributed by atoms with Gasteiger partial charge in [-0.05, 0) is 64.4 Å². The van der Waals surface area contributed by atoms with Crippen LogP contribution in [-0.2, 0) is 0 Å². The van der Waals surface area contributed by atoms with Crippen LogP contribution in [0.2, 0.25) is 0 Å². The maximum absolute atomic E-state index is 14.0. The molecule has 0 saturated heterocycles. The summed E-state index contributed by atoms with van der Waals surface area (Å²) in [4.78, 5) is 17.9. The summed E-state index contributed by atoms with van der Waals surface area (Å²) in [6.07, 6.45) is 8.02. The number of anilines is 1. The number of fused-ring (bicyclic) bond motifs is 1. The molecule has 2 heterocycles. The Labute approximate surface area is 163 Å². The maximum atomic E-state index is 14.0. The zero-order valence-corrected chi connectivity index (χ0v) is 16.5. The van der Waals surface area contributed by atoms with E-state index in [9.17, 15) is 9.18 Å². The number of nitrogens with one attached hydrogen (secondary N) is 2. The fourth-order valence-electron chi connectivity index (χ4n) is 4.09. The highest BCUT2D eigenvalue weighted by atomic mass is 19.1. The van der Waals surface area contributed by atoms with E-state index in [0.717, 1.165) is 31.2 Å². The molecular formula is C21H26FN5O. The Morgan fingerprint density at radius 2 is 2.04 bits per heavy atom. The third kappa shape index (κ3) is 3.54. The van der Waals surface area contributed by atoms with Gasteiger partial charge in [-0.15, -0.1) is 0 Å². The Balaban J connectivity index is 1.45. The Kier molecular flexibility index (Phi) is 4.93. The molecule has 0 bridgehead atoms. The second-order valence-corrected chi connectivity index (χ2v) is 7.93. The average Bonchev–Trinajstić information content (AvgIpc) is 3.33. The number of amides is 1. The molecule has 4 rings (SSSR count). The molecule has 1 saturated carbocycles. The SMILES string of the molecule is Cc1ccc(F)c2cc(C(=O)Nc3cnn(C4CCC(N(C)C)CC4)c3)[nH]c12. The van der Waals surface area contributed by atoms with E-state index < -0.39 is 0 Å². The Morgan fingerprint density at radius 1 is 1.29 bits per heavy atom. The number of carbonyl (C=O) groups is 1. The molecule has 7 heteroatoms. The van der Waals surface area contributed by atoms with E-state index in [-0.39, 0.29) is 11.7 Å². The summed E-state index contributed by atoms with van der Waals surface area (Å²) in [5.74, 6) is -0.636. The lowest BCUT2D eigenvalue weighted by Crippen LogP contribution is -2.32. The molecular weight excluding hydrogens is 357 g/mol. The summed E-state index contributed by atoms with van der Waals surface area (Å²) in [6, 6.07) is 5.68. The predicted octanol–water partition coefficient (Wildman–Crippen LogP) is 4.11. The molecule has 1 amide bonds. The van der Waals surface area contributed by atoms with Gasteiger partial charge in [0.15, 0.2) is 0 Å². The number of aryl methyl sites for hydroxylation is 1. The monoisotopic (exact) mass is 383 g/mol. The molecule has 0 radical (unpaired) electrons. The van der Waals surface area contributed by atoms with Crippen molar-refractivity contribution in [2.45, 2.75) is 44.7 Å². The number of benzene rings is 1. The predicted molar refractivity (Wildman–Crippen MR) is 108 cm³/mol. The van der Waals surface area contributed by atoms with Crippen molar-refractivity contribution in [3.63, 3.8) is 0 Å². The van der Waals surface area contributed by atoms with Gasteiger partial charge in [0.25, 0.3) is 5.91 Å². The van der Waals surface area contributed by atoms with Gasteiger partial charge in [-0.25, -0.2) is 4.39 Å². The van der Waals surface area contributed by atoms with Crippen LogP contribution < -0.4 is 5.32 Å². The minimum atomic E-state index is -0.336. The van der Waals surface area contributed by atoms with E-state index in [1.165, 1.54) is 6.07 Å². The van der Waals surface area contributed by atoms with Gasteiger partial charge in [-0.1, -0.05) is 6.07 Å². The second kappa shape index (κ2) is 7.39. The fraction of sp³-hybridized carbons (Fsp3) is 0.429. The van der Waals surface area contributed by atoms with Crippen molar-refractivity contribution in [2.75, 3.05) is 19.4 Å². The summed E-state index contributed by atoms with van der Waals surface area (Å²) < 4.78 is 15.9. The molecule has 1 fully saturated rings. The highest BCUT2D eigenvalue weighted by Crippen LogP contribution is 2.30. The van der Waals surface area contributed by atoms with Gasteiger partial charge in [0, 0.05) is 17.6 Å². The summed E-state index contributed by atoms with van der Waals surface area (Å²) >= 11 is 0. The molecule has 6 nitrogen and oxygen atoms in total. The largest absolute Gasteiger partial charge is 0.350 e. The topological polar surface area (TPSA) is 66.0 Å². The van der Waals surface area contributed by atoms with Crippen molar-refractivity contribution in [3.05, 3.63) is 47.7 Å². The van der Waals surface area contributed by atoms with Crippen molar-refractivity contribution in [2.24, 2.45) is 0 Å². The number of halogens is 1. The number of carbonyl (C=O) groups excluding carboxylic acids is 1. The summed E-state index contributed by atoms with van der Waals surface area (Å²) in [6.45, 7) is 1.88.